The Labute approximate surface area is 172 Å². The van der Waals surface area contributed by atoms with E-state index >= 15 is 0 Å². The molecule has 2 amide bonds. The molecular weight excluding hydrogens is 390 g/mol. The van der Waals surface area contributed by atoms with Crippen LogP contribution in [-0.2, 0) is 4.79 Å². The summed E-state index contributed by atoms with van der Waals surface area (Å²) in [7, 11) is 1.49. The van der Waals surface area contributed by atoms with Gasteiger partial charge in [-0.1, -0.05) is 12.1 Å². The number of hydrogen-bond donors (Lipinski definition) is 1. The average Bonchev–Trinajstić information content (AvgIpc) is 3.38. The van der Waals surface area contributed by atoms with Crippen molar-refractivity contribution >= 4 is 33.4 Å². The molecule has 0 spiro atoms. The number of benzene rings is 2. The molecular formula is C21H21N3O4S. The third-order valence-corrected chi connectivity index (χ3v) is 6.03. The van der Waals surface area contributed by atoms with Crippen LogP contribution >= 0.6 is 11.3 Å². The van der Waals surface area contributed by atoms with Gasteiger partial charge in [-0.2, -0.15) is 0 Å². The molecule has 7 nitrogen and oxygen atoms in total. The minimum absolute atomic E-state index is 0.0308. The van der Waals surface area contributed by atoms with Crippen molar-refractivity contribution in [1.29, 1.82) is 0 Å². The highest BCUT2D eigenvalue weighted by Crippen LogP contribution is 2.38. The van der Waals surface area contributed by atoms with Gasteiger partial charge in [-0.25, -0.2) is 4.98 Å². The topological polar surface area (TPSA) is 94.8 Å². The number of carbonyl (C=O) groups is 2. The zero-order valence-corrected chi connectivity index (χ0v) is 16.8. The van der Waals surface area contributed by atoms with Crippen LogP contribution in [0.1, 0.15) is 34.2 Å². The second-order valence-corrected chi connectivity index (χ2v) is 7.86. The first kappa shape index (κ1) is 19.2. The molecule has 150 valence electrons. The van der Waals surface area contributed by atoms with Crippen LogP contribution in [-0.4, -0.2) is 42.0 Å². The van der Waals surface area contributed by atoms with Gasteiger partial charge in [-0.3, -0.25) is 9.59 Å². The number of fused-ring (bicyclic) bond motifs is 1. The molecule has 1 fully saturated rings. The molecule has 1 aliphatic rings. The summed E-state index contributed by atoms with van der Waals surface area (Å²) in [5, 5.41) is 0.963. The van der Waals surface area contributed by atoms with Crippen LogP contribution in [0.4, 0.5) is 0 Å². The summed E-state index contributed by atoms with van der Waals surface area (Å²) in [5.74, 6) is 0.0919. The number of likely N-dealkylation sites (tertiary alicyclic amines) is 1. The van der Waals surface area contributed by atoms with E-state index in [9.17, 15) is 9.59 Å². The Morgan fingerprint density at radius 2 is 2.07 bits per heavy atom. The summed E-state index contributed by atoms with van der Waals surface area (Å²) in [4.78, 5) is 30.8. The lowest BCUT2D eigenvalue weighted by Crippen LogP contribution is -2.30. The maximum absolute atomic E-state index is 13.2. The van der Waals surface area contributed by atoms with E-state index in [4.69, 9.17) is 20.2 Å². The van der Waals surface area contributed by atoms with Gasteiger partial charge in [0.05, 0.1) is 23.4 Å². The van der Waals surface area contributed by atoms with Crippen molar-refractivity contribution in [2.75, 3.05) is 20.3 Å². The van der Waals surface area contributed by atoms with Crippen molar-refractivity contribution < 1.29 is 19.1 Å². The van der Waals surface area contributed by atoms with E-state index in [0.717, 1.165) is 28.1 Å². The number of amides is 2. The van der Waals surface area contributed by atoms with E-state index in [2.05, 4.69) is 0 Å². The first-order valence-corrected chi connectivity index (χ1v) is 10.1. The van der Waals surface area contributed by atoms with Gasteiger partial charge in [0.1, 0.15) is 5.01 Å². The SMILES string of the molecule is COc1cc(C(=O)N2CCCC2c2nc3ccccc3s2)ccc1OCC(N)=O. The number of primary amides is 1. The zero-order chi connectivity index (χ0) is 20.4. The second kappa shape index (κ2) is 8.08. The fraction of sp³-hybridized carbons (Fsp3) is 0.286. The molecule has 2 N–H and O–H groups in total. The number of hydrogen-bond acceptors (Lipinski definition) is 6. The number of nitrogens with zero attached hydrogens (tertiary/aromatic N) is 2. The summed E-state index contributed by atoms with van der Waals surface area (Å²) >= 11 is 1.64. The standard InChI is InChI=1S/C21H21N3O4S/c1-27-17-11-13(8-9-16(17)28-12-19(22)25)21(26)24-10-4-6-15(24)20-23-14-5-2-3-7-18(14)29-20/h2-3,5,7-9,11,15H,4,6,10,12H2,1H3,(H2,22,25). The smallest absolute Gasteiger partial charge is 0.255 e. The fourth-order valence-corrected chi connectivity index (χ4v) is 4.65. The van der Waals surface area contributed by atoms with Gasteiger partial charge in [0.15, 0.2) is 18.1 Å². The number of nitrogens with two attached hydrogens (primary N) is 1. The predicted molar refractivity (Wildman–Crippen MR) is 110 cm³/mol. The molecule has 1 unspecified atom stereocenters. The molecule has 0 aliphatic carbocycles. The van der Waals surface area contributed by atoms with Crippen molar-refractivity contribution in [3.05, 3.63) is 53.0 Å². The van der Waals surface area contributed by atoms with Crippen molar-refractivity contribution in [1.82, 2.24) is 9.88 Å². The van der Waals surface area contributed by atoms with Crippen LogP contribution in [0, 0.1) is 0 Å². The summed E-state index contributed by atoms with van der Waals surface area (Å²) in [6.07, 6.45) is 1.83. The Morgan fingerprint density at radius 3 is 2.83 bits per heavy atom. The maximum Gasteiger partial charge on any atom is 0.255 e. The largest absolute Gasteiger partial charge is 0.493 e. The van der Waals surface area contributed by atoms with Crippen LogP contribution in [0.15, 0.2) is 42.5 Å². The highest BCUT2D eigenvalue weighted by atomic mass is 32.1. The van der Waals surface area contributed by atoms with Crippen LogP contribution in [0.5, 0.6) is 11.5 Å². The van der Waals surface area contributed by atoms with Gasteiger partial charge >= 0.3 is 0 Å². The molecule has 29 heavy (non-hydrogen) atoms. The van der Waals surface area contributed by atoms with Gasteiger partial charge in [0, 0.05) is 12.1 Å². The Hall–Kier alpha value is -3.13. The maximum atomic E-state index is 13.2. The van der Waals surface area contributed by atoms with Gasteiger partial charge in [0.2, 0.25) is 0 Å². The molecule has 0 saturated carbocycles. The number of methoxy groups -OCH3 is 1. The van der Waals surface area contributed by atoms with E-state index in [1.165, 1.54) is 7.11 Å². The third-order valence-electron chi connectivity index (χ3n) is 4.89. The number of para-hydroxylation sites is 1. The lowest BCUT2D eigenvalue weighted by molar-refractivity contribution is -0.119. The molecule has 2 heterocycles. The van der Waals surface area contributed by atoms with Crippen molar-refractivity contribution in [3.8, 4) is 11.5 Å². The van der Waals surface area contributed by atoms with E-state index in [1.807, 2.05) is 29.2 Å². The minimum Gasteiger partial charge on any atom is -0.493 e. The van der Waals surface area contributed by atoms with Gasteiger partial charge in [-0.15, -0.1) is 11.3 Å². The summed E-state index contributed by atoms with van der Waals surface area (Å²) < 4.78 is 11.8. The number of rotatable bonds is 6. The molecule has 1 saturated heterocycles. The number of ether oxygens (including phenoxy) is 2. The molecule has 0 bridgehead atoms. The Morgan fingerprint density at radius 1 is 1.24 bits per heavy atom. The highest BCUT2D eigenvalue weighted by Gasteiger charge is 2.33. The summed E-state index contributed by atoms with van der Waals surface area (Å²) in [6, 6.07) is 12.9. The fourth-order valence-electron chi connectivity index (χ4n) is 3.53. The highest BCUT2D eigenvalue weighted by molar-refractivity contribution is 7.18. The number of thiazole rings is 1. The van der Waals surface area contributed by atoms with Gasteiger partial charge in [0.25, 0.3) is 11.8 Å². The molecule has 1 aliphatic heterocycles. The van der Waals surface area contributed by atoms with Crippen molar-refractivity contribution in [2.45, 2.75) is 18.9 Å². The van der Waals surface area contributed by atoms with Crippen LogP contribution in [0.3, 0.4) is 0 Å². The van der Waals surface area contributed by atoms with Crippen LogP contribution in [0.25, 0.3) is 10.2 Å². The minimum atomic E-state index is -0.581. The first-order valence-electron chi connectivity index (χ1n) is 9.32. The summed E-state index contributed by atoms with van der Waals surface area (Å²) in [6.45, 7) is 0.428. The van der Waals surface area contributed by atoms with Crippen molar-refractivity contribution in [2.24, 2.45) is 5.73 Å². The lowest BCUT2D eigenvalue weighted by Gasteiger charge is -2.23. The van der Waals surface area contributed by atoms with Crippen LogP contribution in [0.2, 0.25) is 0 Å². The summed E-state index contributed by atoms with van der Waals surface area (Å²) in [5.41, 5.74) is 6.58. The Kier molecular flexibility index (Phi) is 5.35. The van der Waals surface area contributed by atoms with Crippen molar-refractivity contribution in [3.63, 3.8) is 0 Å². The monoisotopic (exact) mass is 411 g/mol. The second-order valence-electron chi connectivity index (χ2n) is 6.80. The molecule has 3 aromatic rings. The molecule has 2 aromatic carbocycles. The zero-order valence-electron chi connectivity index (χ0n) is 16.0. The molecule has 8 heteroatoms. The molecule has 0 radical (unpaired) electrons. The van der Waals surface area contributed by atoms with Crippen LogP contribution < -0.4 is 15.2 Å². The average molecular weight is 411 g/mol. The Balaban J connectivity index is 1.58. The molecule has 1 atom stereocenters. The third kappa shape index (κ3) is 3.88. The van der Waals surface area contributed by atoms with E-state index in [0.29, 0.717) is 23.6 Å². The Bertz CT molecular complexity index is 1030. The number of aromatic nitrogens is 1. The normalized spacial score (nSPS) is 16.2. The first-order chi connectivity index (χ1) is 14.1. The van der Waals surface area contributed by atoms with Gasteiger partial charge in [-0.05, 0) is 43.2 Å². The molecule has 1 aromatic heterocycles. The van der Waals surface area contributed by atoms with E-state index < -0.39 is 5.91 Å². The van der Waals surface area contributed by atoms with Gasteiger partial charge < -0.3 is 20.1 Å². The predicted octanol–water partition coefficient (Wildman–Crippen LogP) is 3.15. The van der Waals surface area contributed by atoms with E-state index in [-0.39, 0.29) is 18.6 Å². The lowest BCUT2D eigenvalue weighted by atomic mass is 10.1. The quantitative estimate of drug-likeness (QED) is 0.672. The van der Waals surface area contributed by atoms with E-state index in [1.54, 1.807) is 29.5 Å². The number of carbonyl (C=O) groups excluding carboxylic acids is 2. The molecule has 4 rings (SSSR count).